The van der Waals surface area contributed by atoms with Crippen LogP contribution in [0.2, 0.25) is 0 Å². The summed E-state index contributed by atoms with van der Waals surface area (Å²) in [5.41, 5.74) is 2.19. The average molecular weight is 454 g/mol. The number of aromatic nitrogens is 2. The van der Waals surface area contributed by atoms with Crippen molar-refractivity contribution in [3.63, 3.8) is 0 Å². The van der Waals surface area contributed by atoms with E-state index in [0.29, 0.717) is 22.9 Å². The summed E-state index contributed by atoms with van der Waals surface area (Å²) in [6.45, 7) is 0. The molecule has 0 spiro atoms. The molecule has 0 atom stereocenters. The summed E-state index contributed by atoms with van der Waals surface area (Å²) in [4.78, 5) is 15.2. The molecule has 0 aliphatic carbocycles. The van der Waals surface area contributed by atoms with E-state index < -0.39 is 4.92 Å². The van der Waals surface area contributed by atoms with Gasteiger partial charge in [0.25, 0.3) is 5.69 Å². The number of ether oxygens (including phenoxy) is 2. The topological polar surface area (TPSA) is 79.4 Å². The minimum atomic E-state index is -0.416. The summed E-state index contributed by atoms with van der Waals surface area (Å²) >= 11 is 3.40. The molecule has 0 saturated carbocycles. The third kappa shape index (κ3) is 3.54. The Morgan fingerprint density at radius 1 is 1.10 bits per heavy atom. The first-order valence-corrected chi connectivity index (χ1v) is 9.47. The molecule has 0 aliphatic rings. The first-order valence-electron chi connectivity index (χ1n) is 8.68. The smallest absolute Gasteiger partial charge is 0.270 e. The molecule has 2 heterocycles. The zero-order chi connectivity index (χ0) is 20.5. The minimum absolute atomic E-state index is 0.0128. The first kappa shape index (κ1) is 18.9. The molecule has 0 N–H and O–H groups in total. The van der Waals surface area contributed by atoms with Crippen LogP contribution in [-0.2, 0) is 7.05 Å². The van der Waals surface area contributed by atoms with Crippen LogP contribution in [0, 0.1) is 10.1 Å². The molecule has 8 heteroatoms. The number of aryl methyl sites for hydroxylation is 1. The second-order valence-corrected chi connectivity index (χ2v) is 7.28. The number of hydrogen-bond acceptors (Lipinski definition) is 5. The fourth-order valence-corrected chi connectivity index (χ4v) is 3.51. The Balaban J connectivity index is 1.92. The number of rotatable bonds is 5. The number of halogens is 1. The summed E-state index contributed by atoms with van der Waals surface area (Å²) in [6, 6.07) is 13.8. The standard InChI is InChI=1S/C21H16BrN3O4/c1-24-12-18(16-9-10-23-21(28-2)20(16)24)17-11-14(25(26)27)5-8-19(17)29-15-6-3-13(22)4-7-15/h3-12H,1-2H3. The number of hydrogen-bond donors (Lipinski definition) is 0. The largest absolute Gasteiger partial charge is 0.479 e. The van der Waals surface area contributed by atoms with Crippen molar-refractivity contribution in [1.29, 1.82) is 0 Å². The lowest BCUT2D eigenvalue weighted by molar-refractivity contribution is -0.384. The number of pyridine rings is 1. The van der Waals surface area contributed by atoms with Gasteiger partial charge in [-0.05, 0) is 36.4 Å². The molecule has 0 fully saturated rings. The summed E-state index contributed by atoms with van der Waals surface area (Å²) in [5.74, 6) is 1.63. The second-order valence-electron chi connectivity index (χ2n) is 6.36. The van der Waals surface area contributed by atoms with Gasteiger partial charge in [-0.25, -0.2) is 4.98 Å². The lowest BCUT2D eigenvalue weighted by atomic mass is 10.0. The number of benzene rings is 2. The van der Waals surface area contributed by atoms with Crippen molar-refractivity contribution in [3.8, 4) is 28.5 Å². The summed E-state index contributed by atoms with van der Waals surface area (Å²) < 4.78 is 14.3. The Labute approximate surface area is 174 Å². The van der Waals surface area contributed by atoms with Crippen LogP contribution in [0.1, 0.15) is 0 Å². The highest BCUT2D eigenvalue weighted by Crippen LogP contribution is 2.41. The van der Waals surface area contributed by atoms with Crippen LogP contribution >= 0.6 is 15.9 Å². The van der Waals surface area contributed by atoms with Gasteiger partial charge in [-0.2, -0.15) is 0 Å². The SMILES string of the molecule is COc1nccc2c(-c3cc([N+](=O)[O-])ccc3Oc3ccc(Br)cc3)cn(C)c12. The Morgan fingerprint density at radius 3 is 2.55 bits per heavy atom. The molecule has 4 aromatic rings. The maximum absolute atomic E-state index is 11.4. The van der Waals surface area contributed by atoms with Gasteiger partial charge in [0, 0.05) is 52.6 Å². The van der Waals surface area contributed by atoms with Gasteiger partial charge in [-0.15, -0.1) is 0 Å². The normalized spacial score (nSPS) is 10.9. The summed E-state index contributed by atoms with van der Waals surface area (Å²) in [7, 11) is 3.44. The Hall–Kier alpha value is -3.39. The van der Waals surface area contributed by atoms with Gasteiger partial charge >= 0.3 is 0 Å². The van der Waals surface area contributed by atoms with Crippen LogP contribution in [0.4, 0.5) is 5.69 Å². The second kappa shape index (κ2) is 7.56. The molecule has 146 valence electrons. The molecule has 2 aromatic heterocycles. The number of nitro benzene ring substituents is 1. The maximum atomic E-state index is 11.4. The van der Waals surface area contributed by atoms with Crippen LogP contribution in [-0.4, -0.2) is 21.6 Å². The number of non-ortho nitro benzene ring substituents is 1. The van der Waals surface area contributed by atoms with E-state index in [1.54, 1.807) is 19.4 Å². The Kier molecular flexibility index (Phi) is 4.94. The van der Waals surface area contributed by atoms with E-state index in [9.17, 15) is 10.1 Å². The quantitative estimate of drug-likeness (QED) is 0.285. The van der Waals surface area contributed by atoms with Gasteiger partial charge in [0.2, 0.25) is 5.88 Å². The van der Waals surface area contributed by atoms with Gasteiger partial charge < -0.3 is 14.0 Å². The highest BCUT2D eigenvalue weighted by Gasteiger charge is 2.20. The van der Waals surface area contributed by atoms with Crippen molar-refractivity contribution in [2.75, 3.05) is 7.11 Å². The third-order valence-electron chi connectivity index (χ3n) is 4.56. The van der Waals surface area contributed by atoms with E-state index in [0.717, 1.165) is 20.9 Å². The summed E-state index contributed by atoms with van der Waals surface area (Å²) in [6.07, 6.45) is 3.54. The molecule has 2 aromatic carbocycles. The molecule has 0 aliphatic heterocycles. The maximum Gasteiger partial charge on any atom is 0.270 e. The van der Waals surface area contributed by atoms with Gasteiger partial charge in [0.1, 0.15) is 17.0 Å². The highest BCUT2D eigenvalue weighted by molar-refractivity contribution is 9.10. The Morgan fingerprint density at radius 2 is 1.86 bits per heavy atom. The molecule has 0 unspecified atom stereocenters. The van der Waals surface area contributed by atoms with E-state index in [1.165, 1.54) is 12.1 Å². The lowest BCUT2D eigenvalue weighted by Crippen LogP contribution is -1.93. The van der Waals surface area contributed by atoms with Crippen molar-refractivity contribution in [2.45, 2.75) is 0 Å². The Bertz CT molecular complexity index is 1220. The van der Waals surface area contributed by atoms with E-state index in [2.05, 4.69) is 20.9 Å². The van der Waals surface area contributed by atoms with Crippen molar-refractivity contribution in [1.82, 2.24) is 9.55 Å². The molecule has 7 nitrogen and oxygen atoms in total. The molecule has 4 rings (SSSR count). The molecule has 0 radical (unpaired) electrons. The predicted octanol–water partition coefficient (Wildman–Crippen LogP) is 5.71. The van der Waals surface area contributed by atoms with E-state index in [-0.39, 0.29) is 5.69 Å². The fraction of sp³-hybridized carbons (Fsp3) is 0.0952. The van der Waals surface area contributed by atoms with Gasteiger partial charge in [0.05, 0.1) is 12.0 Å². The molecule has 0 saturated heterocycles. The molecular formula is C21H16BrN3O4. The zero-order valence-electron chi connectivity index (χ0n) is 15.6. The number of methoxy groups -OCH3 is 1. The first-order chi connectivity index (χ1) is 14.0. The predicted molar refractivity (Wildman–Crippen MR) is 114 cm³/mol. The van der Waals surface area contributed by atoms with Crippen molar-refractivity contribution in [2.24, 2.45) is 7.05 Å². The molecule has 0 bridgehead atoms. The van der Waals surface area contributed by atoms with Crippen molar-refractivity contribution < 1.29 is 14.4 Å². The number of fused-ring (bicyclic) bond motifs is 1. The van der Waals surface area contributed by atoms with E-state index in [1.807, 2.05) is 48.1 Å². The van der Waals surface area contributed by atoms with Crippen LogP contribution in [0.3, 0.4) is 0 Å². The van der Waals surface area contributed by atoms with Crippen LogP contribution in [0.5, 0.6) is 17.4 Å². The average Bonchev–Trinajstić information content (AvgIpc) is 3.06. The van der Waals surface area contributed by atoms with Crippen molar-refractivity contribution in [3.05, 3.63) is 75.5 Å². The lowest BCUT2D eigenvalue weighted by Gasteiger charge is -2.11. The summed E-state index contributed by atoms with van der Waals surface area (Å²) in [5, 5.41) is 12.2. The molecular weight excluding hydrogens is 438 g/mol. The van der Waals surface area contributed by atoms with Gasteiger partial charge in [0.15, 0.2) is 0 Å². The van der Waals surface area contributed by atoms with E-state index >= 15 is 0 Å². The zero-order valence-corrected chi connectivity index (χ0v) is 17.2. The number of nitrogens with zero attached hydrogens (tertiary/aromatic N) is 3. The molecule has 29 heavy (non-hydrogen) atoms. The highest BCUT2D eigenvalue weighted by atomic mass is 79.9. The fourth-order valence-electron chi connectivity index (χ4n) is 3.25. The van der Waals surface area contributed by atoms with Gasteiger partial charge in [-0.1, -0.05) is 15.9 Å². The van der Waals surface area contributed by atoms with Crippen molar-refractivity contribution >= 4 is 32.5 Å². The van der Waals surface area contributed by atoms with Crippen LogP contribution in [0.25, 0.3) is 22.0 Å². The van der Waals surface area contributed by atoms with Gasteiger partial charge in [-0.3, -0.25) is 10.1 Å². The monoisotopic (exact) mass is 453 g/mol. The third-order valence-corrected chi connectivity index (χ3v) is 5.08. The van der Waals surface area contributed by atoms with E-state index in [4.69, 9.17) is 9.47 Å². The van der Waals surface area contributed by atoms with Crippen LogP contribution < -0.4 is 9.47 Å². The van der Waals surface area contributed by atoms with Crippen LogP contribution in [0.15, 0.2) is 65.4 Å². The number of nitro groups is 1. The minimum Gasteiger partial charge on any atom is -0.479 e. The molecule has 0 amide bonds.